The van der Waals surface area contributed by atoms with Crippen molar-refractivity contribution in [3.05, 3.63) is 45.9 Å². The second kappa shape index (κ2) is 7.79. The number of H-pyrrole nitrogens is 2. The molecule has 1 aromatic carbocycles. The van der Waals surface area contributed by atoms with Crippen LogP contribution >= 0.6 is 0 Å². The number of anilines is 2. The summed E-state index contributed by atoms with van der Waals surface area (Å²) in [5, 5.41) is 0.667. The number of hydrogen-bond acceptors (Lipinski definition) is 6. The lowest BCUT2D eigenvalue weighted by Crippen LogP contribution is -2.46. The third-order valence-corrected chi connectivity index (χ3v) is 5.57. The van der Waals surface area contributed by atoms with Crippen LogP contribution in [-0.4, -0.2) is 67.2 Å². The number of para-hydroxylation sites is 2. The number of benzene rings is 1. The number of methoxy groups -OCH3 is 1. The molecule has 2 N–H and O–H groups in total. The predicted molar refractivity (Wildman–Crippen MR) is 116 cm³/mol. The molecule has 0 spiro atoms. The molecule has 0 unspecified atom stereocenters. The van der Waals surface area contributed by atoms with Gasteiger partial charge in [0.1, 0.15) is 11.4 Å². The van der Waals surface area contributed by atoms with Crippen molar-refractivity contribution in [2.45, 2.75) is 13.5 Å². The van der Waals surface area contributed by atoms with Gasteiger partial charge < -0.3 is 19.5 Å². The summed E-state index contributed by atoms with van der Waals surface area (Å²) >= 11 is 0. The third-order valence-electron chi connectivity index (χ3n) is 5.57. The average molecular weight is 396 g/mol. The molecule has 0 aliphatic carbocycles. The van der Waals surface area contributed by atoms with Crippen LogP contribution in [-0.2, 0) is 6.54 Å². The molecule has 0 atom stereocenters. The van der Waals surface area contributed by atoms with Crippen LogP contribution in [0.2, 0.25) is 0 Å². The van der Waals surface area contributed by atoms with E-state index >= 15 is 0 Å². The summed E-state index contributed by atoms with van der Waals surface area (Å²) in [5.41, 5.74) is 3.73. The number of ether oxygens (including phenoxy) is 1. The number of hydrogen-bond donors (Lipinski definition) is 2. The van der Waals surface area contributed by atoms with E-state index < -0.39 is 0 Å². The van der Waals surface area contributed by atoms with E-state index in [1.54, 1.807) is 12.0 Å². The first kappa shape index (κ1) is 19.3. The van der Waals surface area contributed by atoms with Crippen LogP contribution in [0.5, 0.6) is 5.75 Å². The van der Waals surface area contributed by atoms with Crippen LogP contribution in [0.1, 0.15) is 11.3 Å². The minimum absolute atomic E-state index is 0.0919. The first-order valence-electron chi connectivity index (χ1n) is 9.87. The Morgan fingerprint density at radius 1 is 1.14 bits per heavy atom. The SMILES string of the molecule is COc1ccccc1N1CCN(Cc2c(C)[nH]c3nc(N(C)C)[nH]c(=O)c23)CC1. The minimum Gasteiger partial charge on any atom is -0.495 e. The Bertz CT molecular complexity index is 1060. The van der Waals surface area contributed by atoms with Crippen LogP contribution in [0.15, 0.2) is 29.1 Å². The third kappa shape index (κ3) is 3.67. The van der Waals surface area contributed by atoms with E-state index in [0.29, 0.717) is 17.0 Å². The van der Waals surface area contributed by atoms with Crippen molar-refractivity contribution >= 4 is 22.7 Å². The summed E-state index contributed by atoms with van der Waals surface area (Å²) in [7, 11) is 5.44. The Hall–Kier alpha value is -3.00. The van der Waals surface area contributed by atoms with Gasteiger partial charge in [-0.25, -0.2) is 0 Å². The molecule has 1 saturated heterocycles. The molecule has 8 heteroatoms. The number of aromatic nitrogens is 3. The molecule has 154 valence electrons. The first-order chi connectivity index (χ1) is 14.0. The van der Waals surface area contributed by atoms with Gasteiger partial charge >= 0.3 is 0 Å². The van der Waals surface area contributed by atoms with Crippen molar-refractivity contribution < 1.29 is 4.74 Å². The summed E-state index contributed by atoms with van der Waals surface area (Å²) in [6, 6.07) is 8.14. The van der Waals surface area contributed by atoms with Crippen LogP contribution in [0.3, 0.4) is 0 Å². The van der Waals surface area contributed by atoms with Gasteiger partial charge in [0.05, 0.1) is 18.2 Å². The molecule has 8 nitrogen and oxygen atoms in total. The molecule has 0 saturated carbocycles. The molecular weight excluding hydrogens is 368 g/mol. The zero-order valence-electron chi connectivity index (χ0n) is 17.5. The molecule has 0 bridgehead atoms. The van der Waals surface area contributed by atoms with E-state index in [-0.39, 0.29) is 5.56 Å². The number of rotatable bonds is 5. The summed E-state index contributed by atoms with van der Waals surface area (Å²) in [6.07, 6.45) is 0. The normalized spacial score (nSPS) is 15.1. The maximum absolute atomic E-state index is 12.7. The highest BCUT2D eigenvalue weighted by molar-refractivity contribution is 5.81. The number of nitrogens with zero attached hydrogens (tertiary/aromatic N) is 4. The number of fused-ring (bicyclic) bond motifs is 1. The quantitative estimate of drug-likeness (QED) is 0.686. The molecule has 1 fully saturated rings. The van der Waals surface area contributed by atoms with Crippen molar-refractivity contribution in [1.82, 2.24) is 19.9 Å². The summed E-state index contributed by atoms with van der Waals surface area (Å²) in [6.45, 7) is 6.42. The fourth-order valence-electron chi connectivity index (χ4n) is 3.94. The van der Waals surface area contributed by atoms with Crippen molar-refractivity contribution in [3.8, 4) is 5.75 Å². The van der Waals surface area contributed by atoms with E-state index in [4.69, 9.17) is 4.74 Å². The second-order valence-electron chi connectivity index (χ2n) is 7.67. The lowest BCUT2D eigenvalue weighted by atomic mass is 10.1. The van der Waals surface area contributed by atoms with Gasteiger partial charge in [-0.1, -0.05) is 12.1 Å². The topological polar surface area (TPSA) is 80.5 Å². The van der Waals surface area contributed by atoms with Gasteiger partial charge in [0.2, 0.25) is 5.95 Å². The molecule has 4 rings (SSSR count). The van der Waals surface area contributed by atoms with E-state index in [9.17, 15) is 4.79 Å². The zero-order chi connectivity index (χ0) is 20.5. The van der Waals surface area contributed by atoms with E-state index in [0.717, 1.165) is 55.4 Å². The molecule has 1 aliphatic heterocycles. The summed E-state index contributed by atoms with van der Waals surface area (Å²) in [5.74, 6) is 1.46. The summed E-state index contributed by atoms with van der Waals surface area (Å²) < 4.78 is 5.51. The van der Waals surface area contributed by atoms with Gasteiger partial charge in [0, 0.05) is 58.1 Å². The van der Waals surface area contributed by atoms with Crippen molar-refractivity contribution in [3.63, 3.8) is 0 Å². The maximum Gasteiger partial charge on any atom is 0.262 e. The van der Waals surface area contributed by atoms with Crippen LogP contribution in [0.25, 0.3) is 11.0 Å². The second-order valence-corrected chi connectivity index (χ2v) is 7.67. The maximum atomic E-state index is 12.7. The van der Waals surface area contributed by atoms with Crippen molar-refractivity contribution in [2.75, 3.05) is 57.2 Å². The van der Waals surface area contributed by atoms with E-state index in [2.05, 4.69) is 30.8 Å². The monoisotopic (exact) mass is 396 g/mol. The van der Waals surface area contributed by atoms with Crippen molar-refractivity contribution in [2.24, 2.45) is 0 Å². The smallest absolute Gasteiger partial charge is 0.262 e. The Morgan fingerprint density at radius 2 is 1.86 bits per heavy atom. The summed E-state index contributed by atoms with van der Waals surface area (Å²) in [4.78, 5) is 30.0. The standard InChI is InChI=1S/C21H28N6O2/c1-14-15(18-19(22-14)23-21(25(2)3)24-20(18)28)13-26-9-11-27(12-10-26)16-7-5-6-8-17(16)29-4/h5-8H,9-13H2,1-4H3,(H2,22,23,24,28). The fraction of sp³-hybridized carbons (Fsp3) is 0.429. The number of aryl methyl sites for hydroxylation is 1. The van der Waals surface area contributed by atoms with Crippen molar-refractivity contribution in [1.29, 1.82) is 0 Å². The lowest BCUT2D eigenvalue weighted by Gasteiger charge is -2.36. The number of nitrogens with one attached hydrogen (secondary N) is 2. The molecular formula is C21H28N6O2. The van der Waals surface area contributed by atoms with Crippen LogP contribution in [0.4, 0.5) is 11.6 Å². The number of piperazine rings is 1. The molecule has 0 radical (unpaired) electrons. The molecule has 3 heterocycles. The lowest BCUT2D eigenvalue weighted by molar-refractivity contribution is 0.249. The predicted octanol–water partition coefficient (Wildman–Crippen LogP) is 1.96. The van der Waals surface area contributed by atoms with Crippen LogP contribution < -0.4 is 20.1 Å². The highest BCUT2D eigenvalue weighted by atomic mass is 16.5. The Morgan fingerprint density at radius 3 is 2.55 bits per heavy atom. The first-order valence-corrected chi connectivity index (χ1v) is 9.87. The Balaban J connectivity index is 1.52. The highest BCUT2D eigenvalue weighted by Crippen LogP contribution is 2.29. The fourth-order valence-corrected chi connectivity index (χ4v) is 3.94. The molecule has 0 amide bonds. The van der Waals surface area contributed by atoms with Gasteiger partial charge in [-0.2, -0.15) is 4.98 Å². The van der Waals surface area contributed by atoms with Gasteiger partial charge in [0.25, 0.3) is 5.56 Å². The number of aromatic amines is 2. The highest BCUT2D eigenvalue weighted by Gasteiger charge is 2.22. The van der Waals surface area contributed by atoms with E-state index in [1.165, 1.54) is 0 Å². The zero-order valence-corrected chi connectivity index (χ0v) is 17.5. The van der Waals surface area contributed by atoms with Gasteiger partial charge in [-0.05, 0) is 19.1 Å². The Kier molecular flexibility index (Phi) is 5.19. The average Bonchev–Trinajstić information content (AvgIpc) is 3.04. The largest absolute Gasteiger partial charge is 0.495 e. The Labute approximate surface area is 170 Å². The molecule has 29 heavy (non-hydrogen) atoms. The van der Waals surface area contributed by atoms with Gasteiger partial charge in [-0.15, -0.1) is 0 Å². The molecule has 3 aromatic rings. The van der Waals surface area contributed by atoms with Crippen LogP contribution in [0, 0.1) is 6.92 Å². The minimum atomic E-state index is -0.0919. The van der Waals surface area contributed by atoms with E-state index in [1.807, 2.05) is 39.2 Å². The van der Waals surface area contributed by atoms with Gasteiger partial charge in [0.15, 0.2) is 0 Å². The van der Waals surface area contributed by atoms with Gasteiger partial charge in [-0.3, -0.25) is 14.7 Å². The molecule has 2 aromatic heterocycles. The molecule has 1 aliphatic rings.